The lowest BCUT2D eigenvalue weighted by Crippen LogP contribution is -2.55. The van der Waals surface area contributed by atoms with Gasteiger partial charge < -0.3 is 14.6 Å². The zero-order chi connectivity index (χ0) is 13.1. The average Bonchev–Trinajstić information content (AvgIpc) is 2.33. The fourth-order valence-corrected chi connectivity index (χ4v) is 1.87. The van der Waals surface area contributed by atoms with Gasteiger partial charge in [-0.15, -0.1) is 0 Å². The van der Waals surface area contributed by atoms with E-state index in [1.54, 1.807) is 0 Å². The third-order valence-electron chi connectivity index (χ3n) is 2.91. The minimum Gasteiger partial charge on any atom is -0.487 e. The molecule has 3 nitrogen and oxygen atoms in total. The van der Waals surface area contributed by atoms with Crippen molar-refractivity contribution in [1.29, 1.82) is 0 Å². The summed E-state index contributed by atoms with van der Waals surface area (Å²) in [6.45, 7) is 2.51. The van der Waals surface area contributed by atoms with Crippen LogP contribution in [0.15, 0.2) is 18.2 Å². The first-order valence-electron chi connectivity index (χ1n) is 6.03. The summed E-state index contributed by atoms with van der Waals surface area (Å²) in [6, 6.07) is 3.37. The molecule has 0 amide bonds. The Labute approximate surface area is 104 Å². The summed E-state index contributed by atoms with van der Waals surface area (Å²) in [4.78, 5) is 0. The number of ether oxygens (including phenoxy) is 2. The number of rotatable bonds is 5. The first kappa shape index (κ1) is 13.2. The van der Waals surface area contributed by atoms with E-state index in [4.69, 9.17) is 9.47 Å². The molecule has 0 bridgehead atoms. The fourth-order valence-electron chi connectivity index (χ4n) is 1.87. The molecule has 3 unspecified atom stereocenters. The van der Waals surface area contributed by atoms with E-state index in [1.165, 1.54) is 6.07 Å². The van der Waals surface area contributed by atoms with E-state index >= 15 is 0 Å². The smallest absolute Gasteiger partial charge is 0.162 e. The molecule has 5 heteroatoms. The highest BCUT2D eigenvalue weighted by Crippen LogP contribution is 2.29. The van der Waals surface area contributed by atoms with Gasteiger partial charge in [0.05, 0.1) is 6.10 Å². The lowest BCUT2D eigenvalue weighted by Gasteiger charge is -2.40. The molecule has 2 rings (SSSR count). The Morgan fingerprint density at radius 3 is 2.72 bits per heavy atom. The highest BCUT2D eigenvalue weighted by molar-refractivity contribution is 5.24. The molecule has 100 valence electrons. The molecule has 0 aliphatic heterocycles. The van der Waals surface area contributed by atoms with E-state index in [0.717, 1.165) is 18.6 Å². The van der Waals surface area contributed by atoms with Crippen LogP contribution in [0.25, 0.3) is 0 Å². The molecule has 0 heterocycles. The van der Waals surface area contributed by atoms with E-state index in [1.807, 2.05) is 6.92 Å². The normalized spacial score (nSPS) is 26.8. The number of aliphatic hydroxyl groups is 1. The highest BCUT2D eigenvalue weighted by Gasteiger charge is 2.42. The van der Waals surface area contributed by atoms with Crippen molar-refractivity contribution in [3.8, 4) is 5.75 Å². The molecular weight excluding hydrogens is 242 g/mol. The molecule has 1 aromatic carbocycles. The maximum atomic E-state index is 13.0. The average molecular weight is 258 g/mol. The molecule has 0 aromatic heterocycles. The monoisotopic (exact) mass is 258 g/mol. The third kappa shape index (κ3) is 2.79. The van der Waals surface area contributed by atoms with Gasteiger partial charge in [0.1, 0.15) is 18.0 Å². The van der Waals surface area contributed by atoms with Crippen molar-refractivity contribution in [3.63, 3.8) is 0 Å². The van der Waals surface area contributed by atoms with Crippen LogP contribution >= 0.6 is 0 Å². The zero-order valence-electron chi connectivity index (χ0n) is 10.1. The maximum Gasteiger partial charge on any atom is 0.162 e. The number of benzene rings is 1. The van der Waals surface area contributed by atoms with Gasteiger partial charge in [-0.25, -0.2) is 8.78 Å². The molecule has 1 N–H and O–H groups in total. The summed E-state index contributed by atoms with van der Waals surface area (Å²) in [6.07, 6.45) is 0.0374. The zero-order valence-corrected chi connectivity index (χ0v) is 10.1. The number of aliphatic hydroxyl groups excluding tert-OH is 1. The van der Waals surface area contributed by atoms with Gasteiger partial charge in [0.25, 0.3) is 0 Å². The minimum atomic E-state index is -0.946. The van der Waals surface area contributed by atoms with E-state index in [9.17, 15) is 13.9 Å². The summed E-state index contributed by atoms with van der Waals surface area (Å²) in [5.41, 5.74) is 0. The van der Waals surface area contributed by atoms with E-state index in [-0.39, 0.29) is 11.9 Å². The molecule has 3 atom stereocenters. The van der Waals surface area contributed by atoms with Crippen molar-refractivity contribution in [3.05, 3.63) is 29.8 Å². The largest absolute Gasteiger partial charge is 0.487 e. The third-order valence-corrected chi connectivity index (χ3v) is 2.91. The molecule has 0 spiro atoms. The SMILES string of the molecule is CCCOC1C(O)CC1Oc1ccc(F)c(F)c1. The van der Waals surface area contributed by atoms with Crippen LogP contribution in [0.5, 0.6) is 5.75 Å². The number of hydrogen-bond acceptors (Lipinski definition) is 3. The molecular formula is C13H16F2O3. The van der Waals surface area contributed by atoms with Gasteiger partial charge in [-0.3, -0.25) is 0 Å². The number of halogens is 2. The first-order chi connectivity index (χ1) is 8.61. The second kappa shape index (κ2) is 5.63. The lowest BCUT2D eigenvalue weighted by atomic mass is 9.88. The highest BCUT2D eigenvalue weighted by atomic mass is 19.2. The first-order valence-corrected chi connectivity index (χ1v) is 6.03. The Hall–Kier alpha value is -1.20. The quantitative estimate of drug-likeness (QED) is 0.880. The lowest BCUT2D eigenvalue weighted by molar-refractivity contribution is -0.162. The van der Waals surface area contributed by atoms with Crippen LogP contribution in [0.2, 0.25) is 0 Å². The minimum absolute atomic E-state index is 0.246. The van der Waals surface area contributed by atoms with Gasteiger partial charge in [0, 0.05) is 19.1 Å². The molecule has 0 radical (unpaired) electrons. The number of hydrogen-bond donors (Lipinski definition) is 1. The molecule has 1 aromatic rings. The summed E-state index contributed by atoms with van der Waals surface area (Å²) in [5.74, 6) is -1.61. The van der Waals surface area contributed by atoms with Crippen molar-refractivity contribution in [2.24, 2.45) is 0 Å². The van der Waals surface area contributed by atoms with Crippen molar-refractivity contribution < 1.29 is 23.4 Å². The van der Waals surface area contributed by atoms with E-state index in [2.05, 4.69) is 0 Å². The predicted molar refractivity (Wildman–Crippen MR) is 61.4 cm³/mol. The Morgan fingerprint density at radius 1 is 1.33 bits per heavy atom. The second-order valence-corrected chi connectivity index (χ2v) is 4.37. The topological polar surface area (TPSA) is 38.7 Å². The maximum absolute atomic E-state index is 13.0. The van der Waals surface area contributed by atoms with Crippen molar-refractivity contribution in [1.82, 2.24) is 0 Å². The standard InChI is InChI=1S/C13H16F2O3/c1-2-5-17-13-11(16)7-12(13)18-8-3-4-9(14)10(15)6-8/h3-4,6,11-13,16H,2,5,7H2,1H3. The summed E-state index contributed by atoms with van der Waals surface area (Å²) in [7, 11) is 0. The van der Waals surface area contributed by atoms with Crippen LogP contribution in [-0.4, -0.2) is 30.0 Å². The van der Waals surface area contributed by atoms with Crippen LogP contribution in [0.3, 0.4) is 0 Å². The van der Waals surface area contributed by atoms with Gasteiger partial charge in [-0.05, 0) is 18.6 Å². The van der Waals surface area contributed by atoms with E-state index in [0.29, 0.717) is 13.0 Å². The van der Waals surface area contributed by atoms with Gasteiger partial charge in [0.2, 0.25) is 0 Å². The van der Waals surface area contributed by atoms with Gasteiger partial charge >= 0.3 is 0 Å². The van der Waals surface area contributed by atoms with Crippen LogP contribution < -0.4 is 4.74 Å². The van der Waals surface area contributed by atoms with Crippen molar-refractivity contribution >= 4 is 0 Å². The molecule has 18 heavy (non-hydrogen) atoms. The van der Waals surface area contributed by atoms with Crippen LogP contribution in [0.4, 0.5) is 8.78 Å². The van der Waals surface area contributed by atoms with Crippen LogP contribution in [-0.2, 0) is 4.74 Å². The van der Waals surface area contributed by atoms with Gasteiger partial charge in [-0.1, -0.05) is 6.92 Å². The van der Waals surface area contributed by atoms with Gasteiger partial charge in [0.15, 0.2) is 11.6 Å². The molecule has 1 aliphatic carbocycles. The molecule has 0 saturated heterocycles. The Kier molecular flexibility index (Phi) is 4.14. The van der Waals surface area contributed by atoms with Gasteiger partial charge in [-0.2, -0.15) is 0 Å². The van der Waals surface area contributed by atoms with Crippen LogP contribution in [0, 0.1) is 11.6 Å². The summed E-state index contributed by atoms with van der Waals surface area (Å²) in [5, 5.41) is 9.54. The molecule has 1 saturated carbocycles. The Morgan fingerprint density at radius 2 is 2.11 bits per heavy atom. The Balaban J connectivity index is 1.94. The predicted octanol–water partition coefficient (Wildman–Crippen LogP) is 2.27. The summed E-state index contributed by atoms with van der Waals surface area (Å²) >= 11 is 0. The fraction of sp³-hybridized carbons (Fsp3) is 0.538. The van der Waals surface area contributed by atoms with E-state index < -0.39 is 23.8 Å². The van der Waals surface area contributed by atoms with Crippen LogP contribution in [0.1, 0.15) is 19.8 Å². The van der Waals surface area contributed by atoms with Crippen molar-refractivity contribution in [2.45, 2.75) is 38.1 Å². The van der Waals surface area contributed by atoms with Crippen molar-refractivity contribution in [2.75, 3.05) is 6.61 Å². The second-order valence-electron chi connectivity index (χ2n) is 4.37. The molecule has 1 fully saturated rings. The summed E-state index contributed by atoms with van der Waals surface area (Å²) < 4.78 is 36.6. The Bertz CT molecular complexity index is 411. The molecule has 1 aliphatic rings.